The van der Waals surface area contributed by atoms with Crippen LogP contribution in [0.4, 0.5) is 10.3 Å². The van der Waals surface area contributed by atoms with Gasteiger partial charge in [0.2, 0.25) is 5.91 Å². The van der Waals surface area contributed by atoms with Crippen molar-refractivity contribution < 1.29 is 9.59 Å². The zero-order chi connectivity index (χ0) is 18.8. The van der Waals surface area contributed by atoms with Crippen LogP contribution in [0.3, 0.4) is 0 Å². The summed E-state index contributed by atoms with van der Waals surface area (Å²) in [6.07, 6.45) is 0. The summed E-state index contributed by atoms with van der Waals surface area (Å²) in [7, 11) is 0. The summed E-state index contributed by atoms with van der Waals surface area (Å²) in [6, 6.07) is 4.26. The average molecular weight is 387 g/mol. The maximum absolute atomic E-state index is 12.3. The number of amides is 2. The summed E-state index contributed by atoms with van der Waals surface area (Å²) in [4.78, 5) is 32.0. The minimum atomic E-state index is -0.351. The van der Waals surface area contributed by atoms with Gasteiger partial charge < -0.3 is 5.32 Å². The number of benzene rings is 1. The summed E-state index contributed by atoms with van der Waals surface area (Å²) < 4.78 is 0. The van der Waals surface area contributed by atoms with Crippen molar-refractivity contribution >= 4 is 44.8 Å². The fourth-order valence-corrected chi connectivity index (χ4v) is 3.88. The third kappa shape index (κ3) is 3.97. The molecule has 2 aromatic heterocycles. The highest BCUT2D eigenvalue weighted by atomic mass is 32.1. The second kappa shape index (κ2) is 7.35. The average Bonchev–Trinajstić information content (AvgIpc) is 3.20. The highest BCUT2D eigenvalue weighted by Crippen LogP contribution is 2.29. The molecule has 0 radical (unpaired) electrons. The standard InChI is InChI=1S/C18H18N4O2S2/c1-9-5-11(3)13(6-10(9)2)14-7-25-18(20-14)22-16(24)15-8-26-17(21-15)19-12(4)23/h5-8H,1-4H3,(H,19,21,23)(H,20,22,24). The van der Waals surface area contributed by atoms with Crippen LogP contribution in [-0.4, -0.2) is 21.8 Å². The Morgan fingerprint density at radius 2 is 1.54 bits per heavy atom. The van der Waals surface area contributed by atoms with Crippen LogP contribution in [0.25, 0.3) is 11.3 Å². The van der Waals surface area contributed by atoms with Gasteiger partial charge in [-0.1, -0.05) is 6.07 Å². The number of rotatable bonds is 4. The second-order valence-electron chi connectivity index (χ2n) is 5.96. The fourth-order valence-electron chi connectivity index (χ4n) is 2.44. The van der Waals surface area contributed by atoms with Crippen molar-refractivity contribution in [1.29, 1.82) is 0 Å². The molecular formula is C18H18N4O2S2. The first-order chi connectivity index (χ1) is 12.3. The largest absolute Gasteiger partial charge is 0.302 e. The molecule has 0 aliphatic rings. The molecule has 6 nitrogen and oxygen atoms in total. The molecule has 0 spiro atoms. The smallest absolute Gasteiger partial charge is 0.276 e. The Bertz CT molecular complexity index is 991. The van der Waals surface area contributed by atoms with Gasteiger partial charge in [0.05, 0.1) is 5.69 Å². The zero-order valence-electron chi connectivity index (χ0n) is 14.8. The van der Waals surface area contributed by atoms with E-state index in [1.165, 1.54) is 40.7 Å². The number of hydrogen-bond donors (Lipinski definition) is 2. The van der Waals surface area contributed by atoms with E-state index in [4.69, 9.17) is 0 Å². The Balaban J connectivity index is 1.76. The molecule has 0 saturated carbocycles. The maximum Gasteiger partial charge on any atom is 0.276 e. The molecular weight excluding hydrogens is 368 g/mol. The molecule has 0 aliphatic heterocycles. The van der Waals surface area contributed by atoms with E-state index < -0.39 is 0 Å². The van der Waals surface area contributed by atoms with Gasteiger partial charge in [0.15, 0.2) is 10.3 Å². The summed E-state index contributed by atoms with van der Waals surface area (Å²) in [5, 5.41) is 9.76. The second-order valence-corrected chi connectivity index (χ2v) is 7.68. The van der Waals surface area contributed by atoms with Crippen molar-refractivity contribution in [3.05, 3.63) is 45.3 Å². The zero-order valence-corrected chi connectivity index (χ0v) is 16.5. The predicted molar refractivity (Wildman–Crippen MR) is 106 cm³/mol. The number of aryl methyl sites for hydroxylation is 3. The maximum atomic E-state index is 12.3. The molecule has 2 heterocycles. The monoisotopic (exact) mass is 386 g/mol. The van der Waals surface area contributed by atoms with Crippen molar-refractivity contribution in [1.82, 2.24) is 9.97 Å². The summed E-state index contributed by atoms with van der Waals surface area (Å²) >= 11 is 2.57. The number of anilines is 2. The van der Waals surface area contributed by atoms with Crippen LogP contribution >= 0.6 is 22.7 Å². The molecule has 0 atom stereocenters. The number of thiazole rings is 2. The van der Waals surface area contributed by atoms with E-state index in [2.05, 4.69) is 53.5 Å². The predicted octanol–water partition coefficient (Wildman–Crippen LogP) is 4.40. The molecule has 0 aliphatic carbocycles. The van der Waals surface area contributed by atoms with Crippen molar-refractivity contribution in [2.24, 2.45) is 0 Å². The van der Waals surface area contributed by atoms with Crippen LogP contribution in [0, 0.1) is 20.8 Å². The number of aromatic nitrogens is 2. The van der Waals surface area contributed by atoms with Crippen molar-refractivity contribution in [3.63, 3.8) is 0 Å². The van der Waals surface area contributed by atoms with E-state index in [0.717, 1.165) is 16.8 Å². The van der Waals surface area contributed by atoms with Crippen molar-refractivity contribution in [2.75, 3.05) is 10.6 Å². The number of nitrogens with one attached hydrogen (secondary N) is 2. The van der Waals surface area contributed by atoms with Gasteiger partial charge in [-0.3, -0.25) is 14.9 Å². The normalized spacial score (nSPS) is 10.6. The van der Waals surface area contributed by atoms with Crippen LogP contribution in [0.15, 0.2) is 22.9 Å². The molecule has 0 fully saturated rings. The molecule has 2 N–H and O–H groups in total. The molecule has 0 bridgehead atoms. The van der Waals surface area contributed by atoms with Gasteiger partial charge in [-0.15, -0.1) is 22.7 Å². The van der Waals surface area contributed by atoms with E-state index >= 15 is 0 Å². The molecule has 0 saturated heterocycles. The Labute approximate surface area is 159 Å². The number of carbonyl (C=O) groups excluding carboxylic acids is 2. The Kier molecular flexibility index (Phi) is 5.15. The molecule has 0 unspecified atom stereocenters. The first-order valence-electron chi connectivity index (χ1n) is 7.91. The number of hydrogen-bond acceptors (Lipinski definition) is 6. The lowest BCUT2D eigenvalue weighted by Crippen LogP contribution is -2.13. The minimum absolute atomic E-state index is 0.223. The molecule has 134 valence electrons. The van der Waals surface area contributed by atoms with E-state index in [1.54, 1.807) is 5.38 Å². The Hall–Kier alpha value is -2.58. The van der Waals surface area contributed by atoms with Gasteiger partial charge in [0.1, 0.15) is 5.69 Å². The lowest BCUT2D eigenvalue weighted by atomic mass is 9.99. The minimum Gasteiger partial charge on any atom is -0.302 e. The third-order valence-corrected chi connectivity index (χ3v) is 5.38. The first kappa shape index (κ1) is 18.2. The van der Waals surface area contributed by atoms with Gasteiger partial charge in [0.25, 0.3) is 5.91 Å². The fraction of sp³-hybridized carbons (Fsp3) is 0.222. The van der Waals surface area contributed by atoms with E-state index in [0.29, 0.717) is 10.3 Å². The summed E-state index contributed by atoms with van der Waals surface area (Å²) in [6.45, 7) is 7.61. The quantitative estimate of drug-likeness (QED) is 0.696. The van der Waals surface area contributed by atoms with Crippen LogP contribution in [-0.2, 0) is 4.79 Å². The first-order valence-corrected chi connectivity index (χ1v) is 9.67. The van der Waals surface area contributed by atoms with Gasteiger partial charge >= 0.3 is 0 Å². The van der Waals surface area contributed by atoms with Gasteiger partial charge in [0, 0.05) is 23.2 Å². The molecule has 3 rings (SSSR count). The topological polar surface area (TPSA) is 84.0 Å². The van der Waals surface area contributed by atoms with Crippen LogP contribution in [0.1, 0.15) is 34.1 Å². The van der Waals surface area contributed by atoms with E-state index in [9.17, 15) is 9.59 Å². The van der Waals surface area contributed by atoms with E-state index in [-0.39, 0.29) is 17.5 Å². The Morgan fingerprint density at radius 1 is 0.885 bits per heavy atom. The van der Waals surface area contributed by atoms with Crippen molar-refractivity contribution in [2.45, 2.75) is 27.7 Å². The molecule has 26 heavy (non-hydrogen) atoms. The summed E-state index contributed by atoms with van der Waals surface area (Å²) in [5.41, 5.74) is 5.74. The highest BCUT2D eigenvalue weighted by molar-refractivity contribution is 7.14. The van der Waals surface area contributed by atoms with E-state index in [1.807, 2.05) is 5.38 Å². The van der Waals surface area contributed by atoms with Gasteiger partial charge in [-0.2, -0.15) is 0 Å². The SMILES string of the molecule is CC(=O)Nc1nc(C(=O)Nc2nc(-c3cc(C)c(C)cc3C)cs2)cs1. The third-order valence-electron chi connectivity index (χ3n) is 3.86. The Morgan fingerprint density at radius 3 is 2.27 bits per heavy atom. The van der Waals surface area contributed by atoms with Crippen molar-refractivity contribution in [3.8, 4) is 11.3 Å². The lowest BCUT2D eigenvalue weighted by Gasteiger charge is -2.07. The number of carbonyl (C=O) groups is 2. The summed E-state index contributed by atoms with van der Waals surface area (Å²) in [5.74, 6) is -0.574. The molecule has 1 aromatic carbocycles. The number of nitrogens with zero attached hydrogens (tertiary/aromatic N) is 2. The van der Waals surface area contributed by atoms with Gasteiger partial charge in [-0.25, -0.2) is 9.97 Å². The molecule has 8 heteroatoms. The highest BCUT2D eigenvalue weighted by Gasteiger charge is 2.15. The van der Waals surface area contributed by atoms with Crippen LogP contribution in [0.2, 0.25) is 0 Å². The van der Waals surface area contributed by atoms with Crippen LogP contribution < -0.4 is 10.6 Å². The molecule has 3 aromatic rings. The van der Waals surface area contributed by atoms with Crippen LogP contribution in [0.5, 0.6) is 0 Å². The van der Waals surface area contributed by atoms with Gasteiger partial charge in [-0.05, 0) is 43.5 Å². The lowest BCUT2D eigenvalue weighted by molar-refractivity contribution is -0.114. The molecule has 2 amide bonds.